The van der Waals surface area contributed by atoms with E-state index in [9.17, 15) is 14.7 Å². The topological polar surface area (TPSA) is 64.2 Å². The zero-order valence-electron chi connectivity index (χ0n) is 10.3. The van der Waals surface area contributed by atoms with E-state index in [2.05, 4.69) is 0 Å². The van der Waals surface area contributed by atoms with E-state index in [0.29, 0.717) is 5.56 Å². The summed E-state index contributed by atoms with van der Waals surface area (Å²) >= 11 is 0. The second kappa shape index (κ2) is 4.39. The molecule has 0 spiro atoms. The molecule has 0 aliphatic heterocycles. The lowest BCUT2D eigenvalue weighted by atomic mass is 9.85. The van der Waals surface area contributed by atoms with Gasteiger partial charge in [-0.2, -0.15) is 0 Å². The standard InChI is InChI=1S/C12H18N2O3/c1-13-10(15)9(8-6-4-3-5-7-8)11(16)14(2)12(13)17/h8,15H,3-7H2,1-2H3. The molecule has 1 aromatic rings. The Labute approximate surface area is 99.3 Å². The number of hydrogen-bond acceptors (Lipinski definition) is 3. The van der Waals surface area contributed by atoms with Crippen molar-refractivity contribution in [1.29, 1.82) is 0 Å². The molecule has 1 aliphatic rings. The smallest absolute Gasteiger partial charge is 0.333 e. The first-order valence-electron chi connectivity index (χ1n) is 6.03. The summed E-state index contributed by atoms with van der Waals surface area (Å²) in [6.45, 7) is 0. The molecule has 17 heavy (non-hydrogen) atoms. The van der Waals surface area contributed by atoms with Crippen LogP contribution in [0.5, 0.6) is 5.88 Å². The number of aromatic hydroxyl groups is 1. The van der Waals surface area contributed by atoms with Gasteiger partial charge in [-0.05, 0) is 18.8 Å². The Kier molecular flexibility index (Phi) is 3.09. The highest BCUT2D eigenvalue weighted by Gasteiger charge is 2.24. The lowest BCUT2D eigenvalue weighted by Crippen LogP contribution is -2.39. The van der Waals surface area contributed by atoms with Gasteiger partial charge >= 0.3 is 5.69 Å². The van der Waals surface area contributed by atoms with Crippen molar-refractivity contribution in [1.82, 2.24) is 9.13 Å². The van der Waals surface area contributed by atoms with Gasteiger partial charge in [-0.3, -0.25) is 13.9 Å². The molecule has 0 radical (unpaired) electrons. The van der Waals surface area contributed by atoms with Gasteiger partial charge in [0.05, 0.1) is 5.56 Å². The number of nitrogens with zero attached hydrogens (tertiary/aromatic N) is 2. The Balaban J connectivity index is 2.61. The predicted octanol–water partition coefficient (Wildman–Crippen LogP) is 0.837. The van der Waals surface area contributed by atoms with Gasteiger partial charge in [-0.25, -0.2) is 4.79 Å². The SMILES string of the molecule is Cn1c(O)c(C2CCCCC2)c(=O)n(C)c1=O. The minimum Gasteiger partial charge on any atom is -0.494 e. The summed E-state index contributed by atoms with van der Waals surface area (Å²) in [6, 6.07) is 0. The fraction of sp³-hybridized carbons (Fsp3) is 0.667. The second-order valence-electron chi connectivity index (χ2n) is 4.78. The Bertz CT molecular complexity index is 536. The first kappa shape index (κ1) is 12.0. The molecule has 2 rings (SSSR count). The van der Waals surface area contributed by atoms with Crippen LogP contribution < -0.4 is 11.2 Å². The molecule has 0 saturated heterocycles. The third kappa shape index (κ3) is 1.90. The molecule has 5 nitrogen and oxygen atoms in total. The lowest BCUT2D eigenvalue weighted by Gasteiger charge is -2.23. The number of hydrogen-bond donors (Lipinski definition) is 1. The van der Waals surface area contributed by atoms with Crippen LogP contribution in [-0.2, 0) is 14.1 Å². The minimum atomic E-state index is -0.480. The van der Waals surface area contributed by atoms with Crippen molar-refractivity contribution in [2.24, 2.45) is 14.1 Å². The van der Waals surface area contributed by atoms with Crippen molar-refractivity contribution in [3.63, 3.8) is 0 Å². The highest BCUT2D eigenvalue weighted by molar-refractivity contribution is 5.27. The predicted molar refractivity (Wildman–Crippen MR) is 64.4 cm³/mol. The van der Waals surface area contributed by atoms with Crippen LogP contribution in [0.15, 0.2) is 9.59 Å². The molecule has 1 N–H and O–H groups in total. The normalized spacial score (nSPS) is 17.3. The molecule has 0 aromatic carbocycles. The van der Waals surface area contributed by atoms with Crippen LogP contribution in [-0.4, -0.2) is 14.2 Å². The first-order valence-corrected chi connectivity index (χ1v) is 6.03. The third-order valence-electron chi connectivity index (χ3n) is 3.68. The first-order chi connectivity index (χ1) is 8.04. The zero-order chi connectivity index (χ0) is 12.6. The summed E-state index contributed by atoms with van der Waals surface area (Å²) in [6.07, 6.45) is 5.18. The Morgan fingerprint density at radius 3 is 2.24 bits per heavy atom. The van der Waals surface area contributed by atoms with Crippen LogP contribution in [0.1, 0.15) is 43.6 Å². The van der Waals surface area contributed by atoms with Crippen LogP contribution in [0, 0.1) is 0 Å². The van der Waals surface area contributed by atoms with E-state index in [4.69, 9.17) is 0 Å². The minimum absolute atomic E-state index is 0.0919. The summed E-state index contributed by atoms with van der Waals surface area (Å²) in [5, 5.41) is 9.99. The zero-order valence-corrected chi connectivity index (χ0v) is 10.3. The summed E-state index contributed by atoms with van der Waals surface area (Å²) in [5.74, 6) is -0.0701. The Morgan fingerprint density at radius 2 is 1.65 bits per heavy atom. The Hall–Kier alpha value is -1.52. The maximum Gasteiger partial charge on any atom is 0.333 e. The molecule has 94 valence electrons. The average molecular weight is 238 g/mol. The largest absolute Gasteiger partial charge is 0.494 e. The molecule has 5 heteroatoms. The van der Waals surface area contributed by atoms with E-state index >= 15 is 0 Å². The fourth-order valence-electron chi connectivity index (χ4n) is 2.61. The van der Waals surface area contributed by atoms with E-state index in [1.807, 2.05) is 0 Å². The molecule has 0 unspecified atom stereocenters. The van der Waals surface area contributed by atoms with E-state index in [1.165, 1.54) is 20.5 Å². The van der Waals surface area contributed by atoms with Crippen molar-refractivity contribution in [3.05, 3.63) is 26.4 Å². The van der Waals surface area contributed by atoms with Crippen molar-refractivity contribution < 1.29 is 5.11 Å². The summed E-state index contributed by atoms with van der Waals surface area (Å²) in [4.78, 5) is 23.7. The van der Waals surface area contributed by atoms with Crippen LogP contribution in [0.3, 0.4) is 0 Å². The fourth-order valence-corrected chi connectivity index (χ4v) is 2.61. The number of rotatable bonds is 1. The van der Waals surface area contributed by atoms with Crippen molar-refractivity contribution >= 4 is 0 Å². The maximum absolute atomic E-state index is 12.1. The number of aromatic nitrogens is 2. The van der Waals surface area contributed by atoms with E-state index in [1.54, 1.807) is 0 Å². The summed E-state index contributed by atoms with van der Waals surface area (Å²) in [5.41, 5.74) is -0.418. The molecule has 0 bridgehead atoms. The molecule has 1 heterocycles. The van der Waals surface area contributed by atoms with Crippen molar-refractivity contribution in [3.8, 4) is 5.88 Å². The molecule has 1 saturated carbocycles. The molecule has 1 fully saturated rings. The van der Waals surface area contributed by atoms with E-state index < -0.39 is 5.69 Å². The van der Waals surface area contributed by atoms with Gasteiger partial charge in [0.1, 0.15) is 0 Å². The van der Waals surface area contributed by atoms with Gasteiger partial charge in [-0.1, -0.05) is 19.3 Å². The molecule has 0 amide bonds. The van der Waals surface area contributed by atoms with E-state index in [-0.39, 0.29) is 17.4 Å². The van der Waals surface area contributed by atoms with Gasteiger partial charge < -0.3 is 5.11 Å². The monoisotopic (exact) mass is 238 g/mol. The maximum atomic E-state index is 12.1. The van der Waals surface area contributed by atoms with Gasteiger partial charge in [0.2, 0.25) is 5.88 Å². The lowest BCUT2D eigenvalue weighted by molar-refractivity contribution is 0.372. The highest BCUT2D eigenvalue weighted by atomic mass is 16.3. The average Bonchev–Trinajstić information content (AvgIpc) is 2.36. The van der Waals surface area contributed by atoms with Crippen LogP contribution in [0.4, 0.5) is 0 Å². The van der Waals surface area contributed by atoms with Gasteiger partial charge in [0.25, 0.3) is 5.56 Å². The molecular formula is C12H18N2O3. The quantitative estimate of drug-likeness (QED) is 0.788. The van der Waals surface area contributed by atoms with Gasteiger partial charge in [0.15, 0.2) is 0 Å². The van der Waals surface area contributed by atoms with Crippen molar-refractivity contribution in [2.45, 2.75) is 38.0 Å². The summed E-state index contributed by atoms with van der Waals surface area (Å²) < 4.78 is 2.22. The molecule has 1 aromatic heterocycles. The van der Waals surface area contributed by atoms with Crippen LogP contribution in [0.25, 0.3) is 0 Å². The third-order valence-corrected chi connectivity index (χ3v) is 3.68. The van der Waals surface area contributed by atoms with Crippen LogP contribution in [0.2, 0.25) is 0 Å². The Morgan fingerprint density at radius 1 is 1.06 bits per heavy atom. The molecule has 0 atom stereocenters. The van der Waals surface area contributed by atoms with Crippen LogP contribution >= 0.6 is 0 Å². The molecule has 1 aliphatic carbocycles. The van der Waals surface area contributed by atoms with Gasteiger partial charge in [0, 0.05) is 14.1 Å². The van der Waals surface area contributed by atoms with Gasteiger partial charge in [-0.15, -0.1) is 0 Å². The van der Waals surface area contributed by atoms with Crippen molar-refractivity contribution in [2.75, 3.05) is 0 Å². The second-order valence-corrected chi connectivity index (χ2v) is 4.78. The molecular weight excluding hydrogens is 220 g/mol. The summed E-state index contributed by atoms with van der Waals surface area (Å²) in [7, 11) is 2.94. The van der Waals surface area contributed by atoms with E-state index in [0.717, 1.165) is 34.8 Å². The highest BCUT2D eigenvalue weighted by Crippen LogP contribution is 2.34.